The van der Waals surface area contributed by atoms with Crippen LogP contribution in [0.2, 0.25) is 0 Å². The van der Waals surface area contributed by atoms with E-state index in [4.69, 9.17) is 0 Å². The van der Waals surface area contributed by atoms with Gasteiger partial charge < -0.3 is 4.74 Å². The lowest BCUT2D eigenvalue weighted by atomic mass is 10.1. The second kappa shape index (κ2) is 4.29. The zero-order valence-electron chi connectivity index (χ0n) is 7.56. The van der Waals surface area contributed by atoms with E-state index in [0.29, 0.717) is 12.1 Å². The highest BCUT2D eigenvalue weighted by molar-refractivity contribution is 5.90. The predicted molar refractivity (Wildman–Crippen MR) is 42.7 cm³/mol. The summed E-state index contributed by atoms with van der Waals surface area (Å²) in [6.45, 7) is 0. The summed E-state index contributed by atoms with van der Waals surface area (Å²) in [4.78, 5) is 10.9. The summed E-state index contributed by atoms with van der Waals surface area (Å²) < 4.78 is 54.6. The minimum absolute atomic E-state index is 0.585. The zero-order chi connectivity index (χ0) is 11.6. The fourth-order valence-electron chi connectivity index (χ4n) is 1.03. The van der Waals surface area contributed by atoms with Gasteiger partial charge in [0.15, 0.2) is 0 Å². The molecule has 1 rings (SSSR count). The van der Waals surface area contributed by atoms with Gasteiger partial charge in [0.25, 0.3) is 6.43 Å². The highest BCUT2D eigenvalue weighted by atomic mass is 19.3. The number of alkyl halides is 2. The van der Waals surface area contributed by atoms with Gasteiger partial charge in [-0.3, -0.25) is 0 Å². The molecule has 0 unspecified atom stereocenters. The van der Waals surface area contributed by atoms with E-state index in [1.54, 1.807) is 0 Å². The average molecular weight is 222 g/mol. The summed E-state index contributed by atoms with van der Waals surface area (Å²) in [6, 6.07) is 1.18. The number of rotatable bonds is 2. The average Bonchev–Trinajstić information content (AvgIpc) is 2.16. The largest absolute Gasteiger partial charge is 0.465 e. The van der Waals surface area contributed by atoms with Crippen molar-refractivity contribution in [3.63, 3.8) is 0 Å². The van der Waals surface area contributed by atoms with Gasteiger partial charge in [-0.05, 0) is 12.1 Å². The first-order valence-corrected chi connectivity index (χ1v) is 3.83. The van der Waals surface area contributed by atoms with Crippen LogP contribution in [0, 0.1) is 11.6 Å². The molecule has 0 aliphatic heterocycles. The van der Waals surface area contributed by atoms with E-state index in [0.717, 1.165) is 7.11 Å². The smallest absolute Gasteiger partial charge is 0.343 e. The molecule has 0 N–H and O–H groups in total. The van der Waals surface area contributed by atoms with Gasteiger partial charge in [0.05, 0.1) is 12.7 Å². The molecule has 0 radical (unpaired) electrons. The molecule has 0 saturated heterocycles. The lowest BCUT2D eigenvalue weighted by Gasteiger charge is -2.06. The van der Waals surface area contributed by atoms with Crippen molar-refractivity contribution < 1.29 is 27.1 Å². The van der Waals surface area contributed by atoms with Crippen LogP contribution in [0.25, 0.3) is 0 Å². The SMILES string of the molecule is COC(=O)c1c(F)ccc(C(F)F)c1F. The van der Waals surface area contributed by atoms with Crippen LogP contribution in [-0.2, 0) is 4.74 Å². The summed E-state index contributed by atoms with van der Waals surface area (Å²) >= 11 is 0. The zero-order valence-corrected chi connectivity index (χ0v) is 7.56. The molecular formula is C9H6F4O2. The lowest BCUT2D eigenvalue weighted by Crippen LogP contribution is -2.10. The van der Waals surface area contributed by atoms with Crippen LogP contribution in [0.3, 0.4) is 0 Å². The van der Waals surface area contributed by atoms with Gasteiger partial charge in [0.2, 0.25) is 0 Å². The second-order valence-electron chi connectivity index (χ2n) is 2.62. The first-order valence-electron chi connectivity index (χ1n) is 3.83. The molecule has 15 heavy (non-hydrogen) atoms. The van der Waals surface area contributed by atoms with E-state index in [9.17, 15) is 22.4 Å². The summed E-state index contributed by atoms with van der Waals surface area (Å²) in [5, 5.41) is 0. The third-order valence-corrected chi connectivity index (χ3v) is 1.75. The first-order chi connectivity index (χ1) is 6.99. The van der Waals surface area contributed by atoms with Crippen molar-refractivity contribution in [2.24, 2.45) is 0 Å². The molecule has 6 heteroatoms. The minimum atomic E-state index is -3.12. The summed E-state index contributed by atoms with van der Waals surface area (Å²) in [6.07, 6.45) is -3.12. The van der Waals surface area contributed by atoms with Crippen LogP contribution in [0.1, 0.15) is 22.3 Å². The molecule has 0 bridgehead atoms. The van der Waals surface area contributed by atoms with Crippen molar-refractivity contribution in [2.75, 3.05) is 7.11 Å². The molecule has 0 aromatic heterocycles. The molecule has 0 fully saturated rings. The van der Waals surface area contributed by atoms with E-state index in [2.05, 4.69) is 4.74 Å². The Labute approximate surface area is 82.5 Å². The van der Waals surface area contributed by atoms with Gasteiger partial charge >= 0.3 is 5.97 Å². The first kappa shape index (κ1) is 11.5. The number of ether oxygens (including phenoxy) is 1. The number of carbonyl (C=O) groups excluding carboxylic acids is 1. The third kappa shape index (κ3) is 2.08. The molecule has 0 aliphatic rings. The van der Waals surface area contributed by atoms with E-state index in [1.165, 1.54) is 0 Å². The number of methoxy groups -OCH3 is 1. The topological polar surface area (TPSA) is 26.3 Å². The normalized spacial score (nSPS) is 10.5. The van der Waals surface area contributed by atoms with E-state index < -0.39 is 35.2 Å². The van der Waals surface area contributed by atoms with Crippen LogP contribution in [0.15, 0.2) is 12.1 Å². The van der Waals surface area contributed by atoms with Crippen LogP contribution in [0.5, 0.6) is 0 Å². The quantitative estimate of drug-likeness (QED) is 0.568. The molecule has 0 amide bonds. The summed E-state index contributed by atoms with van der Waals surface area (Å²) in [5.74, 6) is -4.15. The minimum Gasteiger partial charge on any atom is -0.465 e. The lowest BCUT2D eigenvalue weighted by molar-refractivity contribution is 0.0588. The number of benzene rings is 1. The number of hydrogen-bond acceptors (Lipinski definition) is 2. The Morgan fingerprint density at radius 1 is 1.33 bits per heavy atom. The number of carbonyl (C=O) groups is 1. The Bertz CT molecular complexity index is 390. The maximum Gasteiger partial charge on any atom is 0.343 e. The Kier molecular flexibility index (Phi) is 3.28. The fraction of sp³-hybridized carbons (Fsp3) is 0.222. The Morgan fingerprint density at radius 2 is 1.93 bits per heavy atom. The third-order valence-electron chi connectivity index (χ3n) is 1.75. The maximum atomic E-state index is 13.2. The van der Waals surface area contributed by atoms with Crippen molar-refractivity contribution in [3.05, 3.63) is 34.9 Å². The summed E-state index contributed by atoms with van der Waals surface area (Å²) in [7, 11) is 0.899. The van der Waals surface area contributed by atoms with Gasteiger partial charge in [-0.15, -0.1) is 0 Å². The number of esters is 1. The molecule has 0 atom stereocenters. The maximum absolute atomic E-state index is 13.2. The molecular weight excluding hydrogens is 216 g/mol. The number of halogens is 4. The van der Waals surface area contributed by atoms with Crippen molar-refractivity contribution in [1.82, 2.24) is 0 Å². The van der Waals surface area contributed by atoms with Crippen molar-refractivity contribution in [1.29, 1.82) is 0 Å². The van der Waals surface area contributed by atoms with Gasteiger partial charge in [-0.1, -0.05) is 0 Å². The van der Waals surface area contributed by atoms with Crippen molar-refractivity contribution in [2.45, 2.75) is 6.43 Å². The van der Waals surface area contributed by atoms with Crippen LogP contribution in [0.4, 0.5) is 17.6 Å². The van der Waals surface area contributed by atoms with E-state index in [1.807, 2.05) is 0 Å². The summed E-state index contributed by atoms with van der Waals surface area (Å²) in [5.41, 5.74) is -2.13. The van der Waals surface area contributed by atoms with E-state index >= 15 is 0 Å². The van der Waals surface area contributed by atoms with Gasteiger partial charge in [0, 0.05) is 0 Å². The fourth-order valence-corrected chi connectivity index (χ4v) is 1.03. The van der Waals surface area contributed by atoms with Crippen molar-refractivity contribution >= 4 is 5.97 Å². The van der Waals surface area contributed by atoms with Crippen molar-refractivity contribution in [3.8, 4) is 0 Å². The van der Waals surface area contributed by atoms with Crippen LogP contribution < -0.4 is 0 Å². The Hall–Kier alpha value is -1.59. The highest BCUT2D eigenvalue weighted by Crippen LogP contribution is 2.26. The molecule has 82 valence electrons. The second-order valence-corrected chi connectivity index (χ2v) is 2.62. The van der Waals surface area contributed by atoms with Gasteiger partial charge in [0.1, 0.15) is 17.2 Å². The Balaban J connectivity index is 3.36. The molecule has 0 aliphatic carbocycles. The molecule has 1 aromatic rings. The van der Waals surface area contributed by atoms with Gasteiger partial charge in [-0.25, -0.2) is 22.4 Å². The Morgan fingerprint density at radius 3 is 2.40 bits per heavy atom. The number of hydrogen-bond donors (Lipinski definition) is 0. The van der Waals surface area contributed by atoms with Crippen LogP contribution in [-0.4, -0.2) is 13.1 Å². The molecule has 0 saturated carbocycles. The predicted octanol–water partition coefficient (Wildman–Crippen LogP) is 2.69. The van der Waals surface area contributed by atoms with Crippen LogP contribution >= 0.6 is 0 Å². The molecule has 0 heterocycles. The molecule has 0 spiro atoms. The van der Waals surface area contributed by atoms with E-state index in [-0.39, 0.29) is 0 Å². The molecule has 1 aromatic carbocycles. The highest BCUT2D eigenvalue weighted by Gasteiger charge is 2.24. The molecule has 2 nitrogen and oxygen atoms in total. The standard InChI is InChI=1S/C9H6F4O2/c1-15-9(14)6-5(10)3-2-4(7(6)11)8(12)13/h2-3,8H,1H3. The van der Waals surface area contributed by atoms with Gasteiger partial charge in [-0.2, -0.15) is 0 Å². The monoisotopic (exact) mass is 222 g/mol.